The molecule has 2 atom stereocenters. The smallest absolute Gasteiger partial charge is 0.408 e. The molecule has 3 aromatic carbocycles. The molecule has 0 saturated carbocycles. The second kappa shape index (κ2) is 11.7. The molecule has 0 fully saturated rings. The Balaban J connectivity index is 1.73. The van der Waals surface area contributed by atoms with Gasteiger partial charge in [0.15, 0.2) is 0 Å². The number of rotatable bonds is 6. The molecule has 43 heavy (non-hydrogen) atoms. The summed E-state index contributed by atoms with van der Waals surface area (Å²) >= 11 is 0. The van der Waals surface area contributed by atoms with Crippen LogP contribution in [-0.2, 0) is 9.53 Å². The van der Waals surface area contributed by atoms with Gasteiger partial charge in [-0.1, -0.05) is 57.2 Å². The lowest BCUT2D eigenvalue weighted by Gasteiger charge is -2.32. The van der Waals surface area contributed by atoms with Gasteiger partial charge in [0, 0.05) is 23.4 Å². The van der Waals surface area contributed by atoms with Crippen molar-refractivity contribution in [3.63, 3.8) is 0 Å². The van der Waals surface area contributed by atoms with Crippen molar-refractivity contribution in [2.75, 3.05) is 5.32 Å². The van der Waals surface area contributed by atoms with Gasteiger partial charge in [0.1, 0.15) is 23.6 Å². The highest BCUT2D eigenvalue weighted by molar-refractivity contribution is 6.02. The topological polar surface area (TPSA) is 149 Å². The summed E-state index contributed by atoms with van der Waals surface area (Å²) in [6.45, 7) is 12.5. The standard InChI is InChI=1S/C32H36N4O7/c1-18-10-8-9-11-21(18)19-12-14-22(27-33-24-15-13-20(36(40)41)17-23(24)28(37)35-27)25(16-19)42-29(38)26(31(2,3)4)34-30(39)43-32(5,6)7/h8-17,26-27,33H,1-7H3,(H,34,39)(H,35,37)/t26-,27-/m0/s1. The van der Waals surface area contributed by atoms with Crippen molar-refractivity contribution >= 4 is 29.3 Å². The molecular weight excluding hydrogens is 552 g/mol. The van der Waals surface area contributed by atoms with Crippen LogP contribution >= 0.6 is 0 Å². The Morgan fingerprint density at radius 3 is 2.28 bits per heavy atom. The summed E-state index contributed by atoms with van der Waals surface area (Å²) in [6, 6.07) is 15.9. The molecule has 3 aromatic rings. The van der Waals surface area contributed by atoms with Crippen molar-refractivity contribution < 1.29 is 28.8 Å². The Labute approximate surface area is 250 Å². The van der Waals surface area contributed by atoms with Crippen LogP contribution in [0.3, 0.4) is 0 Å². The minimum atomic E-state index is -1.08. The van der Waals surface area contributed by atoms with Gasteiger partial charge in [0.05, 0.1) is 10.5 Å². The van der Waals surface area contributed by atoms with Gasteiger partial charge in [-0.3, -0.25) is 14.9 Å². The summed E-state index contributed by atoms with van der Waals surface area (Å²) in [7, 11) is 0. The maximum atomic E-state index is 13.7. The fourth-order valence-corrected chi connectivity index (χ4v) is 4.66. The third-order valence-electron chi connectivity index (χ3n) is 6.79. The lowest BCUT2D eigenvalue weighted by Crippen LogP contribution is -2.52. The van der Waals surface area contributed by atoms with Crippen LogP contribution in [0.2, 0.25) is 0 Å². The van der Waals surface area contributed by atoms with E-state index in [0.717, 1.165) is 16.7 Å². The summed E-state index contributed by atoms with van der Waals surface area (Å²) in [5, 5.41) is 19.9. The highest BCUT2D eigenvalue weighted by Crippen LogP contribution is 2.37. The van der Waals surface area contributed by atoms with Crippen LogP contribution < -0.4 is 20.7 Å². The molecule has 2 amide bonds. The average molecular weight is 589 g/mol. The zero-order chi connectivity index (χ0) is 31.7. The average Bonchev–Trinajstić information content (AvgIpc) is 2.90. The first kappa shape index (κ1) is 31.0. The molecule has 4 rings (SSSR count). The van der Waals surface area contributed by atoms with Gasteiger partial charge in [-0.05, 0) is 61.9 Å². The SMILES string of the molecule is Cc1ccccc1-c1ccc([C@@H]2NC(=O)c3cc([N+](=O)[O-])ccc3N2)c(OC(=O)[C@H](NC(=O)OC(C)(C)C)C(C)(C)C)c1. The molecule has 0 unspecified atom stereocenters. The number of aryl methyl sites for hydroxylation is 1. The fraction of sp³-hybridized carbons (Fsp3) is 0.344. The number of fused-ring (bicyclic) bond motifs is 1. The summed E-state index contributed by atoms with van der Waals surface area (Å²) in [5.41, 5.74) is 1.92. The number of hydrogen-bond donors (Lipinski definition) is 3. The number of benzene rings is 3. The van der Waals surface area contributed by atoms with E-state index < -0.39 is 46.1 Å². The van der Waals surface area contributed by atoms with E-state index in [1.54, 1.807) is 53.7 Å². The Hall–Kier alpha value is -4.93. The molecule has 0 radical (unpaired) electrons. The van der Waals surface area contributed by atoms with Crippen molar-refractivity contribution in [3.05, 3.63) is 87.5 Å². The van der Waals surface area contributed by atoms with Crippen LogP contribution in [0.5, 0.6) is 5.75 Å². The predicted molar refractivity (Wildman–Crippen MR) is 162 cm³/mol. The van der Waals surface area contributed by atoms with Crippen LogP contribution in [-0.4, -0.2) is 34.5 Å². The number of alkyl carbamates (subject to hydrolysis) is 1. The van der Waals surface area contributed by atoms with E-state index in [1.165, 1.54) is 18.2 Å². The molecule has 1 aliphatic heterocycles. The molecule has 0 saturated heterocycles. The van der Waals surface area contributed by atoms with Crippen LogP contribution in [0.15, 0.2) is 60.7 Å². The first-order valence-corrected chi connectivity index (χ1v) is 13.8. The number of nitrogens with one attached hydrogen (secondary N) is 3. The zero-order valence-electron chi connectivity index (χ0n) is 25.2. The van der Waals surface area contributed by atoms with Gasteiger partial charge in [0.25, 0.3) is 11.6 Å². The molecule has 0 bridgehead atoms. The van der Waals surface area contributed by atoms with Crippen molar-refractivity contribution in [1.29, 1.82) is 0 Å². The number of amides is 2. The number of ether oxygens (including phenoxy) is 2. The van der Waals surface area contributed by atoms with Crippen LogP contribution in [0.25, 0.3) is 11.1 Å². The molecule has 0 spiro atoms. The first-order chi connectivity index (χ1) is 20.0. The van der Waals surface area contributed by atoms with E-state index in [4.69, 9.17) is 9.47 Å². The van der Waals surface area contributed by atoms with Gasteiger partial charge in [-0.2, -0.15) is 0 Å². The van der Waals surface area contributed by atoms with E-state index in [9.17, 15) is 24.5 Å². The van der Waals surface area contributed by atoms with Crippen LogP contribution in [0.1, 0.15) is 69.2 Å². The maximum absolute atomic E-state index is 13.7. The third kappa shape index (κ3) is 7.29. The molecule has 226 valence electrons. The zero-order valence-corrected chi connectivity index (χ0v) is 25.2. The predicted octanol–water partition coefficient (Wildman–Crippen LogP) is 6.27. The normalized spacial score (nSPS) is 15.3. The number of nitrogens with zero attached hydrogens (tertiary/aromatic N) is 1. The van der Waals surface area contributed by atoms with E-state index in [-0.39, 0.29) is 17.0 Å². The first-order valence-electron chi connectivity index (χ1n) is 13.8. The summed E-state index contributed by atoms with van der Waals surface area (Å²) in [4.78, 5) is 50.1. The molecule has 11 heteroatoms. The number of esters is 1. The van der Waals surface area contributed by atoms with Crippen LogP contribution in [0.4, 0.5) is 16.2 Å². The molecule has 0 aromatic heterocycles. The number of anilines is 1. The van der Waals surface area contributed by atoms with Crippen LogP contribution in [0, 0.1) is 22.5 Å². The van der Waals surface area contributed by atoms with Crippen molar-refractivity contribution in [1.82, 2.24) is 10.6 Å². The van der Waals surface area contributed by atoms with Gasteiger partial charge in [0.2, 0.25) is 0 Å². The lowest BCUT2D eigenvalue weighted by atomic mass is 9.87. The third-order valence-corrected chi connectivity index (χ3v) is 6.79. The number of carbonyl (C=O) groups excluding carboxylic acids is 3. The maximum Gasteiger partial charge on any atom is 0.408 e. The summed E-state index contributed by atoms with van der Waals surface area (Å²) in [6.07, 6.45) is -1.59. The molecule has 11 nitrogen and oxygen atoms in total. The van der Waals surface area contributed by atoms with Crippen molar-refractivity contribution in [2.45, 2.75) is 66.3 Å². The number of non-ortho nitro benzene ring substituents is 1. The molecular formula is C32H36N4O7. The highest BCUT2D eigenvalue weighted by Gasteiger charge is 2.37. The molecule has 3 N–H and O–H groups in total. The Morgan fingerprint density at radius 1 is 0.953 bits per heavy atom. The Morgan fingerprint density at radius 2 is 1.65 bits per heavy atom. The number of hydrogen-bond acceptors (Lipinski definition) is 8. The van der Waals surface area contributed by atoms with E-state index in [1.807, 2.05) is 37.3 Å². The second-order valence-corrected chi connectivity index (χ2v) is 12.5. The van der Waals surface area contributed by atoms with Gasteiger partial charge < -0.3 is 25.4 Å². The fourth-order valence-electron chi connectivity index (χ4n) is 4.66. The monoisotopic (exact) mass is 588 g/mol. The van der Waals surface area contributed by atoms with Gasteiger partial charge in [-0.25, -0.2) is 9.59 Å². The second-order valence-electron chi connectivity index (χ2n) is 12.5. The number of nitro benzene ring substituents is 1. The van der Waals surface area contributed by atoms with Gasteiger partial charge in [-0.15, -0.1) is 0 Å². The summed E-state index contributed by atoms with van der Waals surface area (Å²) < 4.78 is 11.4. The number of nitro groups is 1. The Kier molecular flexibility index (Phi) is 8.47. The minimum Gasteiger partial charge on any atom is -0.444 e. The lowest BCUT2D eigenvalue weighted by molar-refractivity contribution is -0.384. The van der Waals surface area contributed by atoms with E-state index in [2.05, 4.69) is 16.0 Å². The van der Waals surface area contributed by atoms with E-state index in [0.29, 0.717) is 11.3 Å². The molecule has 0 aliphatic carbocycles. The highest BCUT2D eigenvalue weighted by atomic mass is 16.6. The molecule has 1 aliphatic rings. The summed E-state index contributed by atoms with van der Waals surface area (Å²) in [5.74, 6) is -1.09. The Bertz CT molecular complexity index is 1590. The largest absolute Gasteiger partial charge is 0.444 e. The van der Waals surface area contributed by atoms with Crippen molar-refractivity contribution in [3.8, 4) is 16.9 Å². The van der Waals surface area contributed by atoms with Crippen molar-refractivity contribution in [2.24, 2.45) is 5.41 Å². The minimum absolute atomic E-state index is 0.120. The molecule has 1 heterocycles. The van der Waals surface area contributed by atoms with E-state index >= 15 is 0 Å². The van der Waals surface area contributed by atoms with Gasteiger partial charge >= 0.3 is 12.1 Å². The number of carbonyl (C=O) groups is 3. The quantitative estimate of drug-likeness (QED) is 0.132.